The molecule has 0 radical (unpaired) electrons. The topological polar surface area (TPSA) is 24.5 Å². The molecule has 1 heterocycles. The smallest absolute Gasteiger partial charge is 0.0897 e. The Labute approximate surface area is 130 Å². The first-order valence-electron chi connectivity index (χ1n) is 7.16. The Bertz CT molecular complexity index is 479. The number of nitrogens with zero attached hydrogens (tertiary/aromatic N) is 1. The lowest BCUT2D eigenvalue weighted by Crippen LogP contribution is -2.47. The highest BCUT2D eigenvalue weighted by Crippen LogP contribution is 2.36. The maximum atomic E-state index is 6.40. The van der Waals surface area contributed by atoms with Gasteiger partial charge in [0.25, 0.3) is 0 Å². The third-order valence-corrected chi connectivity index (χ3v) is 4.92. The molecule has 110 valence electrons. The zero-order valence-corrected chi connectivity index (χ0v) is 13.1. The van der Waals surface area contributed by atoms with E-state index in [0.717, 1.165) is 25.3 Å². The molecule has 2 aliphatic rings. The van der Waals surface area contributed by atoms with Crippen molar-refractivity contribution in [2.75, 3.05) is 26.7 Å². The van der Waals surface area contributed by atoms with E-state index in [-0.39, 0.29) is 12.1 Å². The molecule has 0 bridgehead atoms. The van der Waals surface area contributed by atoms with Gasteiger partial charge in [-0.3, -0.25) is 4.90 Å². The summed E-state index contributed by atoms with van der Waals surface area (Å²) in [6, 6.07) is 6.67. The van der Waals surface area contributed by atoms with E-state index >= 15 is 0 Å². The Morgan fingerprint density at radius 1 is 1.35 bits per heavy atom. The largest absolute Gasteiger partial charge is 0.374 e. The van der Waals surface area contributed by atoms with Crippen LogP contribution in [-0.4, -0.2) is 43.8 Å². The van der Waals surface area contributed by atoms with Crippen molar-refractivity contribution in [2.45, 2.75) is 31.0 Å². The van der Waals surface area contributed by atoms with E-state index in [4.69, 9.17) is 27.9 Å². The van der Waals surface area contributed by atoms with Crippen molar-refractivity contribution in [1.82, 2.24) is 10.2 Å². The fourth-order valence-corrected chi connectivity index (χ4v) is 3.21. The van der Waals surface area contributed by atoms with Crippen LogP contribution in [0.3, 0.4) is 0 Å². The molecule has 20 heavy (non-hydrogen) atoms. The molecule has 0 amide bonds. The fourth-order valence-electron chi connectivity index (χ4n) is 2.79. The third-order valence-electron chi connectivity index (χ3n) is 4.09. The summed E-state index contributed by atoms with van der Waals surface area (Å²) in [4.78, 5) is 2.31. The molecule has 0 aromatic heterocycles. The van der Waals surface area contributed by atoms with Crippen molar-refractivity contribution in [3.8, 4) is 0 Å². The number of likely N-dealkylation sites (N-methyl/N-ethyl adjacent to an activating group) is 1. The first-order chi connectivity index (χ1) is 9.66. The van der Waals surface area contributed by atoms with Crippen LogP contribution < -0.4 is 5.32 Å². The molecule has 2 unspecified atom stereocenters. The second kappa shape index (κ2) is 6.20. The minimum absolute atomic E-state index is 0.116. The predicted molar refractivity (Wildman–Crippen MR) is 82.6 cm³/mol. The van der Waals surface area contributed by atoms with E-state index in [1.165, 1.54) is 12.8 Å². The average molecular weight is 315 g/mol. The molecular weight excluding hydrogens is 295 g/mol. The number of benzene rings is 1. The fraction of sp³-hybridized carbons (Fsp3) is 0.600. The number of hydrogen-bond donors (Lipinski definition) is 1. The molecule has 1 aliphatic heterocycles. The van der Waals surface area contributed by atoms with Gasteiger partial charge in [-0.25, -0.2) is 0 Å². The van der Waals surface area contributed by atoms with Gasteiger partial charge < -0.3 is 10.1 Å². The van der Waals surface area contributed by atoms with Crippen LogP contribution in [0.25, 0.3) is 0 Å². The SMILES string of the molecule is CN1CCOC(CNC2CC2)C1c1cccc(Cl)c1Cl. The summed E-state index contributed by atoms with van der Waals surface area (Å²) >= 11 is 12.6. The lowest BCUT2D eigenvalue weighted by molar-refractivity contribution is -0.0614. The van der Waals surface area contributed by atoms with Crippen molar-refractivity contribution in [3.63, 3.8) is 0 Å². The number of halogens is 2. The molecule has 3 nitrogen and oxygen atoms in total. The summed E-state index contributed by atoms with van der Waals surface area (Å²) < 4.78 is 5.98. The molecule has 2 fully saturated rings. The van der Waals surface area contributed by atoms with Gasteiger partial charge in [0.15, 0.2) is 0 Å². The summed E-state index contributed by atoms with van der Waals surface area (Å²) in [5.74, 6) is 0. The average Bonchev–Trinajstić information content (AvgIpc) is 3.24. The predicted octanol–water partition coefficient (Wildman–Crippen LogP) is 3.12. The Morgan fingerprint density at radius 3 is 2.90 bits per heavy atom. The molecule has 3 rings (SSSR count). The Balaban J connectivity index is 1.82. The van der Waals surface area contributed by atoms with Crippen LogP contribution in [0, 0.1) is 0 Å². The molecule has 1 N–H and O–H groups in total. The maximum absolute atomic E-state index is 6.40. The van der Waals surface area contributed by atoms with Gasteiger partial charge in [0.05, 0.1) is 28.8 Å². The summed E-state index contributed by atoms with van der Waals surface area (Å²) in [7, 11) is 2.12. The Morgan fingerprint density at radius 2 is 2.15 bits per heavy atom. The maximum Gasteiger partial charge on any atom is 0.0897 e. The first kappa shape index (κ1) is 14.6. The molecule has 1 saturated heterocycles. The van der Waals surface area contributed by atoms with Crippen LogP contribution in [0.4, 0.5) is 0 Å². The molecule has 5 heteroatoms. The van der Waals surface area contributed by atoms with Gasteiger partial charge in [-0.15, -0.1) is 0 Å². The van der Waals surface area contributed by atoms with Crippen LogP contribution in [0.15, 0.2) is 18.2 Å². The zero-order chi connectivity index (χ0) is 14.1. The third kappa shape index (κ3) is 3.12. The lowest BCUT2D eigenvalue weighted by Gasteiger charge is -2.40. The van der Waals surface area contributed by atoms with Crippen LogP contribution in [0.1, 0.15) is 24.4 Å². The highest BCUT2D eigenvalue weighted by Gasteiger charge is 2.34. The van der Waals surface area contributed by atoms with Crippen molar-refractivity contribution >= 4 is 23.2 Å². The van der Waals surface area contributed by atoms with Gasteiger partial charge in [-0.05, 0) is 31.5 Å². The van der Waals surface area contributed by atoms with E-state index in [1.807, 2.05) is 18.2 Å². The summed E-state index contributed by atoms with van der Waals surface area (Å²) in [6.45, 7) is 2.54. The Kier molecular flexibility index (Phi) is 4.53. The van der Waals surface area contributed by atoms with E-state index in [2.05, 4.69) is 17.3 Å². The first-order valence-corrected chi connectivity index (χ1v) is 7.91. The monoisotopic (exact) mass is 314 g/mol. The number of nitrogens with one attached hydrogen (secondary N) is 1. The second-order valence-corrected chi connectivity index (χ2v) is 6.45. The van der Waals surface area contributed by atoms with Crippen LogP contribution >= 0.6 is 23.2 Å². The van der Waals surface area contributed by atoms with Gasteiger partial charge >= 0.3 is 0 Å². The van der Waals surface area contributed by atoms with E-state index < -0.39 is 0 Å². The number of hydrogen-bond acceptors (Lipinski definition) is 3. The van der Waals surface area contributed by atoms with Crippen LogP contribution in [0.2, 0.25) is 10.0 Å². The van der Waals surface area contributed by atoms with E-state index in [9.17, 15) is 0 Å². The van der Waals surface area contributed by atoms with Crippen molar-refractivity contribution in [1.29, 1.82) is 0 Å². The molecule has 1 aliphatic carbocycles. The van der Waals surface area contributed by atoms with E-state index in [0.29, 0.717) is 16.1 Å². The molecule has 2 atom stereocenters. The minimum atomic E-state index is 0.116. The van der Waals surface area contributed by atoms with Crippen LogP contribution in [0.5, 0.6) is 0 Å². The van der Waals surface area contributed by atoms with Gasteiger partial charge in [-0.2, -0.15) is 0 Å². The van der Waals surface area contributed by atoms with Crippen molar-refractivity contribution < 1.29 is 4.74 Å². The minimum Gasteiger partial charge on any atom is -0.374 e. The number of rotatable bonds is 4. The zero-order valence-electron chi connectivity index (χ0n) is 11.6. The highest BCUT2D eigenvalue weighted by atomic mass is 35.5. The second-order valence-electron chi connectivity index (χ2n) is 5.66. The number of ether oxygens (including phenoxy) is 1. The summed E-state index contributed by atoms with van der Waals surface area (Å²) in [5, 5.41) is 4.81. The molecule has 1 aromatic rings. The van der Waals surface area contributed by atoms with Crippen molar-refractivity contribution in [2.24, 2.45) is 0 Å². The van der Waals surface area contributed by atoms with Gasteiger partial charge in [-0.1, -0.05) is 35.3 Å². The Hall–Kier alpha value is -0.320. The molecule has 0 spiro atoms. The van der Waals surface area contributed by atoms with Gasteiger partial charge in [0, 0.05) is 19.1 Å². The van der Waals surface area contributed by atoms with E-state index in [1.54, 1.807) is 0 Å². The standard InChI is InChI=1S/C15H20Cl2N2O/c1-19-7-8-20-13(9-18-10-5-6-10)15(19)11-3-2-4-12(16)14(11)17/h2-4,10,13,15,18H,5-9H2,1H3. The van der Waals surface area contributed by atoms with Crippen LogP contribution in [-0.2, 0) is 4.74 Å². The summed E-state index contributed by atoms with van der Waals surface area (Å²) in [5.41, 5.74) is 1.06. The molecular formula is C15H20Cl2N2O. The quantitative estimate of drug-likeness (QED) is 0.924. The lowest BCUT2D eigenvalue weighted by atomic mass is 9.98. The highest BCUT2D eigenvalue weighted by molar-refractivity contribution is 6.42. The normalized spacial score (nSPS) is 27.8. The molecule has 1 saturated carbocycles. The van der Waals surface area contributed by atoms with Crippen molar-refractivity contribution in [3.05, 3.63) is 33.8 Å². The summed E-state index contributed by atoms with van der Waals surface area (Å²) in [6.07, 6.45) is 2.68. The van der Waals surface area contributed by atoms with Gasteiger partial charge in [0.1, 0.15) is 0 Å². The molecule has 1 aromatic carbocycles. The number of morpholine rings is 1. The van der Waals surface area contributed by atoms with Gasteiger partial charge in [0.2, 0.25) is 0 Å².